The van der Waals surface area contributed by atoms with Crippen molar-refractivity contribution in [2.24, 2.45) is 0 Å². The zero-order valence-electron chi connectivity index (χ0n) is 10.0. The van der Waals surface area contributed by atoms with E-state index >= 15 is 0 Å². The molecule has 1 aliphatic heterocycles. The average Bonchev–Trinajstić information content (AvgIpc) is 2.79. The van der Waals surface area contributed by atoms with Gasteiger partial charge in [0.2, 0.25) is 0 Å². The molecule has 0 saturated carbocycles. The largest absolute Gasteiger partial charge is 0.503 e. The van der Waals surface area contributed by atoms with E-state index in [0.717, 1.165) is 0 Å². The molecule has 0 aliphatic carbocycles. The van der Waals surface area contributed by atoms with Gasteiger partial charge in [-0.3, -0.25) is 15.4 Å². The Morgan fingerprint density at radius 1 is 1.21 bits per heavy atom. The highest BCUT2D eigenvalue weighted by Crippen LogP contribution is 2.27. The number of quaternary nitrogens is 2. The third-order valence-electron chi connectivity index (χ3n) is 3.33. The van der Waals surface area contributed by atoms with Crippen molar-refractivity contribution in [3.05, 3.63) is 34.9 Å². The molecule has 19 heavy (non-hydrogen) atoms. The molecule has 0 unspecified atom stereocenters. The van der Waals surface area contributed by atoms with Crippen LogP contribution in [0.25, 0.3) is 0 Å². The lowest BCUT2D eigenvalue weighted by Gasteiger charge is -2.24. The van der Waals surface area contributed by atoms with Gasteiger partial charge < -0.3 is 0 Å². The van der Waals surface area contributed by atoms with E-state index in [4.69, 9.17) is 11.6 Å². The molecule has 0 amide bonds. The van der Waals surface area contributed by atoms with Crippen LogP contribution < -0.4 is 10.6 Å². The lowest BCUT2D eigenvalue weighted by atomic mass is 9.98. The molecule has 0 radical (unpaired) electrons. The number of hydrogen-bond donors (Lipinski definition) is 2. The Morgan fingerprint density at radius 2 is 1.74 bits per heavy atom. The lowest BCUT2D eigenvalue weighted by Crippen LogP contribution is -3.15. The molecular formula is C12H14ClF3N2O+2. The van der Waals surface area contributed by atoms with E-state index in [1.165, 1.54) is 34.9 Å². The molecule has 0 aromatic heterocycles. The molecule has 2 rings (SSSR count). The minimum Gasteiger partial charge on any atom is -0.294 e. The van der Waals surface area contributed by atoms with Crippen LogP contribution in [0.2, 0.25) is 5.02 Å². The number of alkyl halides is 3. The van der Waals surface area contributed by atoms with Crippen LogP contribution in [-0.4, -0.2) is 30.7 Å². The van der Waals surface area contributed by atoms with Crippen molar-refractivity contribution >= 4 is 17.4 Å². The van der Waals surface area contributed by atoms with Crippen LogP contribution >= 0.6 is 11.6 Å². The first-order valence-electron chi connectivity index (χ1n) is 5.88. The van der Waals surface area contributed by atoms with Gasteiger partial charge in [-0.05, 0) is 24.3 Å². The first-order valence-corrected chi connectivity index (χ1v) is 6.26. The first-order chi connectivity index (χ1) is 8.84. The molecule has 1 aromatic rings. The molecule has 7 heteroatoms. The highest BCUT2D eigenvalue weighted by molar-refractivity contribution is 6.30. The van der Waals surface area contributed by atoms with Crippen LogP contribution in [0.3, 0.4) is 0 Å². The van der Waals surface area contributed by atoms with E-state index < -0.39 is 24.0 Å². The number of carbonyl (C=O) groups is 1. The Hall–Kier alpha value is -1.11. The van der Waals surface area contributed by atoms with Crippen LogP contribution in [0, 0.1) is 0 Å². The maximum Gasteiger partial charge on any atom is 0.503 e. The number of nitrogens with two attached hydrogens (primary N) is 2. The second-order valence-electron chi connectivity index (χ2n) is 4.63. The average molecular weight is 295 g/mol. The summed E-state index contributed by atoms with van der Waals surface area (Å²) in [4.78, 5) is 12.0. The van der Waals surface area contributed by atoms with Crippen molar-refractivity contribution < 1.29 is 28.6 Å². The molecule has 104 valence electrons. The number of hydrogen-bond acceptors (Lipinski definition) is 1. The lowest BCUT2D eigenvalue weighted by molar-refractivity contribution is -0.911. The molecule has 1 fully saturated rings. The summed E-state index contributed by atoms with van der Waals surface area (Å²) in [5, 5.41) is 2.84. The van der Waals surface area contributed by atoms with Crippen LogP contribution in [0.1, 0.15) is 16.8 Å². The summed E-state index contributed by atoms with van der Waals surface area (Å²) in [5.74, 6) is -0.525. The van der Waals surface area contributed by atoms with Gasteiger partial charge in [-0.2, -0.15) is 13.2 Å². The van der Waals surface area contributed by atoms with Crippen LogP contribution in [0.15, 0.2) is 24.3 Å². The van der Waals surface area contributed by atoms with Gasteiger partial charge in [0.15, 0.2) is 5.78 Å². The summed E-state index contributed by atoms with van der Waals surface area (Å²) in [5.41, 5.74) is -1.83. The smallest absolute Gasteiger partial charge is 0.294 e. The minimum absolute atomic E-state index is 0.252. The Balaban J connectivity index is 2.18. The first kappa shape index (κ1) is 14.3. The predicted molar refractivity (Wildman–Crippen MR) is 62.8 cm³/mol. The Morgan fingerprint density at radius 3 is 2.21 bits per heavy atom. The summed E-state index contributed by atoms with van der Waals surface area (Å²) < 4.78 is 39.4. The van der Waals surface area contributed by atoms with Crippen molar-refractivity contribution in [2.45, 2.75) is 18.3 Å². The number of carbonyl (C=O) groups excluding carboxylic acids is 1. The normalized spacial score (nSPS) is 18.5. The van der Waals surface area contributed by atoms with Gasteiger partial charge in [0.05, 0.1) is 0 Å². The van der Waals surface area contributed by atoms with Gasteiger partial charge >= 0.3 is 11.8 Å². The summed E-state index contributed by atoms with van der Waals surface area (Å²) >= 11 is 5.68. The maximum absolute atomic E-state index is 13.1. The zero-order chi connectivity index (χ0) is 14.1. The van der Waals surface area contributed by atoms with Crippen molar-refractivity contribution in [1.29, 1.82) is 0 Å². The molecule has 1 heterocycles. The Kier molecular flexibility index (Phi) is 3.85. The van der Waals surface area contributed by atoms with Crippen LogP contribution in [0.4, 0.5) is 13.2 Å². The second-order valence-corrected chi connectivity index (χ2v) is 5.07. The van der Waals surface area contributed by atoms with E-state index in [1.807, 2.05) is 0 Å². The quantitative estimate of drug-likeness (QED) is 0.775. The number of rotatable bonds is 3. The number of benzene rings is 1. The van der Waals surface area contributed by atoms with Gasteiger partial charge in [-0.1, -0.05) is 11.6 Å². The molecule has 1 aromatic carbocycles. The van der Waals surface area contributed by atoms with Crippen molar-refractivity contribution in [1.82, 2.24) is 0 Å². The third kappa shape index (κ3) is 2.91. The highest BCUT2D eigenvalue weighted by Gasteiger charge is 2.65. The maximum atomic E-state index is 13.1. The molecule has 1 aliphatic rings. The van der Waals surface area contributed by atoms with E-state index in [-0.39, 0.29) is 5.56 Å². The van der Waals surface area contributed by atoms with Gasteiger partial charge in [-0.25, -0.2) is 0 Å². The zero-order valence-corrected chi connectivity index (χ0v) is 10.8. The number of Topliss-reactive ketones (excluding diaryl/α,β-unsaturated/α-hetero) is 1. The van der Waals surface area contributed by atoms with Crippen LogP contribution in [0.5, 0.6) is 0 Å². The van der Waals surface area contributed by atoms with E-state index in [1.54, 1.807) is 0 Å². The van der Waals surface area contributed by atoms with E-state index in [9.17, 15) is 18.0 Å². The van der Waals surface area contributed by atoms with E-state index in [0.29, 0.717) is 18.1 Å². The summed E-state index contributed by atoms with van der Waals surface area (Å²) in [7, 11) is 0. The fourth-order valence-corrected chi connectivity index (χ4v) is 2.37. The van der Waals surface area contributed by atoms with Gasteiger partial charge in [0, 0.05) is 10.6 Å². The van der Waals surface area contributed by atoms with Gasteiger partial charge in [0.1, 0.15) is 19.5 Å². The fraction of sp³-hybridized carbons (Fsp3) is 0.417. The Bertz CT molecular complexity index is 467. The SMILES string of the molecule is O=C(CC1(C(F)(F)F)[NH2+]CC[NH2+]1)c1ccc(Cl)cc1. The van der Waals surface area contributed by atoms with Crippen molar-refractivity contribution in [2.75, 3.05) is 13.1 Å². The second kappa shape index (κ2) is 5.11. The van der Waals surface area contributed by atoms with Crippen molar-refractivity contribution in [3.63, 3.8) is 0 Å². The fourth-order valence-electron chi connectivity index (χ4n) is 2.24. The van der Waals surface area contributed by atoms with Crippen molar-refractivity contribution in [3.8, 4) is 0 Å². The number of ketones is 1. The predicted octanol–water partition coefficient (Wildman–Crippen LogP) is 0.312. The molecule has 0 spiro atoms. The number of halogens is 4. The van der Waals surface area contributed by atoms with Gasteiger partial charge in [0.25, 0.3) is 0 Å². The standard InChI is InChI=1S/C12H12ClF3N2O/c13-9-3-1-8(2-4-9)10(19)7-11(12(14,15)16)17-5-6-18-11/h1-4,17-18H,5-7H2/p+2. The van der Waals surface area contributed by atoms with Gasteiger partial charge in [-0.15, -0.1) is 0 Å². The topological polar surface area (TPSA) is 50.3 Å². The summed E-state index contributed by atoms with van der Waals surface area (Å²) in [6.45, 7) is 0.709. The molecular weight excluding hydrogens is 281 g/mol. The molecule has 3 nitrogen and oxygen atoms in total. The monoisotopic (exact) mass is 294 g/mol. The third-order valence-corrected chi connectivity index (χ3v) is 3.58. The molecule has 0 bridgehead atoms. The molecule has 4 N–H and O–H groups in total. The Labute approximate surface area is 113 Å². The van der Waals surface area contributed by atoms with Crippen LogP contribution in [-0.2, 0) is 0 Å². The molecule has 1 saturated heterocycles. The minimum atomic E-state index is -4.43. The summed E-state index contributed by atoms with van der Waals surface area (Å²) in [6, 6.07) is 5.89. The van der Waals surface area contributed by atoms with E-state index in [2.05, 4.69) is 0 Å². The molecule has 0 atom stereocenters. The summed E-state index contributed by atoms with van der Waals surface area (Å²) in [6.07, 6.45) is -5.00. The highest BCUT2D eigenvalue weighted by atomic mass is 35.5.